The molecule has 0 bridgehead atoms. The molecule has 1 unspecified atom stereocenters. The number of nitrogens with one attached hydrogen (secondary N) is 1. The number of rotatable bonds is 2. The normalized spacial score (nSPS) is 14.0. The number of aliphatic hydroxyl groups is 1. The van der Waals surface area contributed by atoms with E-state index in [1.54, 1.807) is 0 Å². The molecule has 2 N–H and O–H groups in total. The number of aliphatic imine (C=N–C) groups is 1. The van der Waals surface area contributed by atoms with Gasteiger partial charge in [-0.3, -0.25) is 5.32 Å². The summed E-state index contributed by atoms with van der Waals surface area (Å²) in [7, 11) is 1.31. The van der Waals surface area contributed by atoms with Gasteiger partial charge in [0.15, 0.2) is 0 Å². The number of methoxy groups -OCH3 is 1. The van der Waals surface area contributed by atoms with E-state index in [1.165, 1.54) is 7.11 Å². The van der Waals surface area contributed by atoms with Gasteiger partial charge in [0.2, 0.25) is 0 Å². The standard InChI is InChI=1S/C17H16N2O3/c1-22-17(21)19-15-10-13-9-12(7-8-14(13)18-15)16(20)11-5-3-2-4-6-11/h2-9,16,20H,10H2,1H3,(H,18,19,21). The highest BCUT2D eigenvalue weighted by Crippen LogP contribution is 2.31. The van der Waals surface area contributed by atoms with Crippen molar-refractivity contribution in [3.63, 3.8) is 0 Å². The second-order valence-electron chi connectivity index (χ2n) is 5.05. The molecule has 3 rings (SSSR count). The van der Waals surface area contributed by atoms with Crippen LogP contribution in [0.15, 0.2) is 53.5 Å². The van der Waals surface area contributed by atoms with E-state index < -0.39 is 12.2 Å². The molecule has 5 nitrogen and oxygen atoms in total. The molecule has 5 heteroatoms. The summed E-state index contributed by atoms with van der Waals surface area (Å²) >= 11 is 0. The molecule has 1 aliphatic heterocycles. The van der Waals surface area contributed by atoms with Gasteiger partial charge in [-0.1, -0.05) is 42.5 Å². The van der Waals surface area contributed by atoms with E-state index >= 15 is 0 Å². The maximum absolute atomic E-state index is 11.2. The molecule has 0 radical (unpaired) electrons. The summed E-state index contributed by atoms with van der Waals surface area (Å²) < 4.78 is 4.56. The lowest BCUT2D eigenvalue weighted by Crippen LogP contribution is -2.30. The highest BCUT2D eigenvalue weighted by atomic mass is 16.5. The second kappa shape index (κ2) is 5.99. The third-order valence-corrected chi connectivity index (χ3v) is 3.58. The van der Waals surface area contributed by atoms with Crippen LogP contribution in [-0.2, 0) is 11.2 Å². The fourth-order valence-electron chi connectivity index (χ4n) is 2.46. The Kier molecular flexibility index (Phi) is 3.89. The number of carbonyl (C=O) groups is 1. The number of hydrogen-bond donors (Lipinski definition) is 2. The lowest BCUT2D eigenvalue weighted by Gasteiger charge is -2.12. The molecule has 112 valence electrons. The molecule has 2 aromatic carbocycles. The Balaban J connectivity index is 1.79. The van der Waals surface area contributed by atoms with Gasteiger partial charge < -0.3 is 9.84 Å². The van der Waals surface area contributed by atoms with E-state index in [1.807, 2.05) is 48.5 Å². The summed E-state index contributed by atoms with van der Waals surface area (Å²) in [5.74, 6) is 0.549. The Morgan fingerprint density at radius 3 is 2.73 bits per heavy atom. The molecule has 0 saturated heterocycles. The summed E-state index contributed by atoms with van der Waals surface area (Å²) in [6, 6.07) is 15.1. The Hall–Kier alpha value is -2.66. The number of fused-ring (bicyclic) bond motifs is 1. The van der Waals surface area contributed by atoms with E-state index in [4.69, 9.17) is 0 Å². The quantitative estimate of drug-likeness (QED) is 0.895. The van der Waals surface area contributed by atoms with Crippen LogP contribution in [0.3, 0.4) is 0 Å². The Labute approximate surface area is 128 Å². The molecule has 1 heterocycles. The molecule has 0 fully saturated rings. The maximum Gasteiger partial charge on any atom is 0.412 e. The van der Waals surface area contributed by atoms with Crippen molar-refractivity contribution in [2.24, 2.45) is 4.99 Å². The predicted molar refractivity (Wildman–Crippen MR) is 83.3 cm³/mol. The molecule has 1 atom stereocenters. The average Bonchev–Trinajstić information content (AvgIpc) is 2.96. The third kappa shape index (κ3) is 2.84. The number of nitrogens with zero attached hydrogens (tertiary/aromatic N) is 1. The molecular weight excluding hydrogens is 280 g/mol. The lowest BCUT2D eigenvalue weighted by molar-refractivity contribution is 0.176. The Morgan fingerprint density at radius 2 is 2.00 bits per heavy atom. The second-order valence-corrected chi connectivity index (χ2v) is 5.05. The first-order valence-corrected chi connectivity index (χ1v) is 6.96. The van der Waals surface area contributed by atoms with E-state index in [0.717, 1.165) is 22.4 Å². The van der Waals surface area contributed by atoms with Gasteiger partial charge in [0.1, 0.15) is 11.9 Å². The molecule has 0 saturated carbocycles. The maximum atomic E-state index is 11.2. The number of amidine groups is 1. The number of aliphatic hydroxyl groups excluding tert-OH is 1. The first-order chi connectivity index (χ1) is 10.7. The van der Waals surface area contributed by atoms with Crippen LogP contribution >= 0.6 is 0 Å². The van der Waals surface area contributed by atoms with Crippen molar-refractivity contribution in [3.8, 4) is 0 Å². The zero-order valence-electron chi connectivity index (χ0n) is 12.1. The molecular formula is C17H16N2O3. The number of alkyl carbamates (subject to hydrolysis) is 1. The van der Waals surface area contributed by atoms with Crippen LogP contribution in [0.1, 0.15) is 22.8 Å². The van der Waals surface area contributed by atoms with Crippen molar-refractivity contribution in [1.82, 2.24) is 5.32 Å². The minimum absolute atomic E-state index is 0.514. The topological polar surface area (TPSA) is 70.9 Å². The number of hydrogen-bond acceptors (Lipinski definition) is 4. The average molecular weight is 296 g/mol. The largest absolute Gasteiger partial charge is 0.453 e. The van der Waals surface area contributed by atoms with Crippen LogP contribution in [0, 0.1) is 0 Å². The summed E-state index contributed by atoms with van der Waals surface area (Å²) in [6.45, 7) is 0. The first-order valence-electron chi connectivity index (χ1n) is 6.96. The molecule has 0 aliphatic carbocycles. The number of ether oxygens (including phenoxy) is 1. The molecule has 0 aromatic heterocycles. The van der Waals surface area contributed by atoms with Gasteiger partial charge in [-0.15, -0.1) is 0 Å². The van der Waals surface area contributed by atoms with Crippen LogP contribution < -0.4 is 5.32 Å². The van der Waals surface area contributed by atoms with Crippen molar-refractivity contribution in [2.45, 2.75) is 12.5 Å². The monoisotopic (exact) mass is 296 g/mol. The third-order valence-electron chi connectivity index (χ3n) is 3.58. The van der Waals surface area contributed by atoms with Gasteiger partial charge in [-0.25, -0.2) is 9.79 Å². The minimum Gasteiger partial charge on any atom is -0.453 e. The molecule has 22 heavy (non-hydrogen) atoms. The van der Waals surface area contributed by atoms with E-state index in [9.17, 15) is 9.90 Å². The van der Waals surface area contributed by atoms with Gasteiger partial charge in [0.25, 0.3) is 0 Å². The summed E-state index contributed by atoms with van der Waals surface area (Å²) in [5, 5.41) is 13.0. The van der Waals surface area contributed by atoms with E-state index in [-0.39, 0.29) is 0 Å². The highest BCUT2D eigenvalue weighted by Gasteiger charge is 2.19. The lowest BCUT2D eigenvalue weighted by atomic mass is 9.98. The van der Waals surface area contributed by atoms with Gasteiger partial charge in [-0.05, 0) is 22.8 Å². The van der Waals surface area contributed by atoms with Crippen molar-refractivity contribution >= 4 is 17.6 Å². The number of amides is 1. The van der Waals surface area contributed by atoms with Crippen molar-refractivity contribution < 1.29 is 14.6 Å². The Bertz CT molecular complexity index is 726. The van der Waals surface area contributed by atoms with Crippen LogP contribution in [0.25, 0.3) is 0 Å². The zero-order valence-corrected chi connectivity index (χ0v) is 12.1. The number of carbonyl (C=O) groups excluding carboxylic acids is 1. The van der Waals surface area contributed by atoms with Crippen molar-refractivity contribution in [2.75, 3.05) is 7.11 Å². The van der Waals surface area contributed by atoms with Gasteiger partial charge >= 0.3 is 6.09 Å². The van der Waals surface area contributed by atoms with E-state index in [2.05, 4.69) is 15.0 Å². The SMILES string of the molecule is COC(=O)NC1=Nc2ccc(C(O)c3ccccc3)cc2C1. The zero-order chi connectivity index (χ0) is 15.5. The summed E-state index contributed by atoms with van der Waals surface area (Å²) in [4.78, 5) is 15.6. The number of benzene rings is 2. The molecule has 1 aliphatic rings. The van der Waals surface area contributed by atoms with Gasteiger partial charge in [-0.2, -0.15) is 0 Å². The van der Waals surface area contributed by atoms with Crippen molar-refractivity contribution in [3.05, 3.63) is 65.2 Å². The Morgan fingerprint density at radius 1 is 1.23 bits per heavy atom. The fourth-order valence-corrected chi connectivity index (χ4v) is 2.46. The highest BCUT2D eigenvalue weighted by molar-refractivity contribution is 6.00. The molecule has 1 amide bonds. The minimum atomic E-state index is -0.677. The van der Waals surface area contributed by atoms with Gasteiger partial charge in [0, 0.05) is 6.42 Å². The van der Waals surface area contributed by atoms with E-state index in [0.29, 0.717) is 12.3 Å². The fraction of sp³-hybridized carbons (Fsp3) is 0.176. The van der Waals surface area contributed by atoms with Crippen LogP contribution in [0.4, 0.5) is 10.5 Å². The van der Waals surface area contributed by atoms with Crippen LogP contribution in [-0.4, -0.2) is 24.1 Å². The first kappa shape index (κ1) is 14.3. The molecule has 0 spiro atoms. The predicted octanol–water partition coefficient (Wildman–Crippen LogP) is 2.71. The van der Waals surface area contributed by atoms with Crippen LogP contribution in [0.2, 0.25) is 0 Å². The van der Waals surface area contributed by atoms with Crippen molar-refractivity contribution in [1.29, 1.82) is 0 Å². The van der Waals surface area contributed by atoms with Gasteiger partial charge in [0.05, 0.1) is 12.8 Å². The van der Waals surface area contributed by atoms with Crippen LogP contribution in [0.5, 0.6) is 0 Å². The smallest absolute Gasteiger partial charge is 0.412 e. The molecule has 2 aromatic rings. The summed E-state index contributed by atoms with van der Waals surface area (Å²) in [6.07, 6.45) is -0.694. The summed E-state index contributed by atoms with van der Waals surface area (Å²) in [5.41, 5.74) is 3.42.